The fourth-order valence-corrected chi connectivity index (χ4v) is 2.89. The first-order valence-electron chi connectivity index (χ1n) is 7.60. The minimum atomic E-state index is -0.570. The Balaban J connectivity index is 2.07. The average Bonchev–Trinajstić information content (AvgIpc) is 2.48. The standard InChI is InChI=1S/C17H21FO3/c1-2-21-17(20)11-16(19)13-8-9-14(15(18)10-13)12-6-4-3-5-7-12/h8-10,12H,2-7,11H2,1H3. The molecule has 4 heteroatoms. The van der Waals surface area contributed by atoms with E-state index >= 15 is 0 Å². The number of halogens is 1. The van der Waals surface area contributed by atoms with Gasteiger partial charge in [-0.25, -0.2) is 4.39 Å². The number of Topliss-reactive ketones (excluding diaryl/α,β-unsaturated/α-hetero) is 1. The molecule has 1 aliphatic rings. The van der Waals surface area contributed by atoms with Crippen molar-refractivity contribution in [2.75, 3.05) is 6.61 Å². The van der Waals surface area contributed by atoms with Gasteiger partial charge in [0.1, 0.15) is 12.2 Å². The number of ketones is 1. The molecule has 0 amide bonds. The third kappa shape index (κ3) is 4.13. The van der Waals surface area contributed by atoms with Gasteiger partial charge in [0, 0.05) is 5.56 Å². The second-order valence-corrected chi connectivity index (χ2v) is 5.48. The van der Waals surface area contributed by atoms with E-state index in [0.717, 1.165) is 25.7 Å². The number of carbonyl (C=O) groups is 2. The van der Waals surface area contributed by atoms with Crippen LogP contribution in [-0.2, 0) is 9.53 Å². The quantitative estimate of drug-likeness (QED) is 0.468. The van der Waals surface area contributed by atoms with Crippen molar-refractivity contribution in [3.8, 4) is 0 Å². The molecule has 114 valence electrons. The summed E-state index contributed by atoms with van der Waals surface area (Å²) in [6.07, 6.45) is 5.16. The van der Waals surface area contributed by atoms with Crippen molar-refractivity contribution >= 4 is 11.8 Å². The molecule has 0 N–H and O–H groups in total. The molecule has 1 saturated carbocycles. The molecule has 0 bridgehead atoms. The van der Waals surface area contributed by atoms with E-state index < -0.39 is 11.8 Å². The molecule has 0 saturated heterocycles. The molecule has 1 fully saturated rings. The predicted molar refractivity (Wildman–Crippen MR) is 77.8 cm³/mol. The van der Waals surface area contributed by atoms with Gasteiger partial charge in [0.15, 0.2) is 5.78 Å². The number of hydrogen-bond donors (Lipinski definition) is 0. The summed E-state index contributed by atoms with van der Waals surface area (Å²) in [6.45, 7) is 1.92. The van der Waals surface area contributed by atoms with Gasteiger partial charge in [0.25, 0.3) is 0 Å². The first-order valence-corrected chi connectivity index (χ1v) is 7.60. The molecule has 1 aromatic carbocycles. The van der Waals surface area contributed by atoms with Crippen LogP contribution >= 0.6 is 0 Å². The highest BCUT2D eigenvalue weighted by Gasteiger charge is 2.20. The van der Waals surface area contributed by atoms with Crippen LogP contribution in [0.3, 0.4) is 0 Å². The highest BCUT2D eigenvalue weighted by atomic mass is 19.1. The fraction of sp³-hybridized carbons (Fsp3) is 0.529. The van der Waals surface area contributed by atoms with Crippen LogP contribution in [-0.4, -0.2) is 18.4 Å². The number of rotatable bonds is 5. The van der Waals surface area contributed by atoms with Gasteiger partial charge in [0.05, 0.1) is 6.61 Å². The van der Waals surface area contributed by atoms with Gasteiger partial charge in [-0.15, -0.1) is 0 Å². The summed E-state index contributed by atoms with van der Waals surface area (Å²) in [7, 11) is 0. The van der Waals surface area contributed by atoms with Gasteiger partial charge in [-0.3, -0.25) is 9.59 Å². The Labute approximate surface area is 124 Å². The van der Waals surface area contributed by atoms with Crippen LogP contribution < -0.4 is 0 Å². The lowest BCUT2D eigenvalue weighted by atomic mass is 9.83. The molecule has 0 spiro atoms. The van der Waals surface area contributed by atoms with Crippen LogP contribution in [0.5, 0.6) is 0 Å². The van der Waals surface area contributed by atoms with Crippen LogP contribution in [0.1, 0.15) is 67.3 Å². The zero-order valence-electron chi connectivity index (χ0n) is 12.4. The summed E-state index contributed by atoms with van der Waals surface area (Å²) in [5.41, 5.74) is 0.933. The van der Waals surface area contributed by atoms with E-state index in [1.165, 1.54) is 12.5 Å². The number of hydrogen-bond acceptors (Lipinski definition) is 3. The summed E-state index contributed by atoms with van der Waals surface area (Å²) in [5, 5.41) is 0. The van der Waals surface area contributed by atoms with E-state index in [2.05, 4.69) is 0 Å². The van der Waals surface area contributed by atoms with Crippen molar-refractivity contribution in [3.63, 3.8) is 0 Å². The van der Waals surface area contributed by atoms with Crippen molar-refractivity contribution in [1.82, 2.24) is 0 Å². The lowest BCUT2D eigenvalue weighted by Gasteiger charge is -2.22. The number of benzene rings is 1. The Morgan fingerprint density at radius 1 is 1.24 bits per heavy atom. The molecule has 1 aromatic rings. The first kappa shape index (κ1) is 15.7. The molecule has 0 heterocycles. The Hall–Kier alpha value is -1.71. The lowest BCUT2D eigenvalue weighted by Crippen LogP contribution is -2.12. The van der Waals surface area contributed by atoms with Gasteiger partial charge >= 0.3 is 5.97 Å². The van der Waals surface area contributed by atoms with Crippen LogP contribution in [0.2, 0.25) is 0 Å². The summed E-state index contributed by atoms with van der Waals surface area (Å²) in [6, 6.07) is 4.57. The first-order chi connectivity index (χ1) is 10.1. The zero-order chi connectivity index (χ0) is 15.2. The SMILES string of the molecule is CCOC(=O)CC(=O)c1ccc(C2CCCCC2)c(F)c1. The molecule has 0 unspecified atom stereocenters. The maximum atomic E-state index is 14.2. The molecular formula is C17H21FO3. The Bertz CT molecular complexity index is 519. The van der Waals surface area contributed by atoms with E-state index in [0.29, 0.717) is 5.56 Å². The van der Waals surface area contributed by atoms with Gasteiger partial charge in [0.2, 0.25) is 0 Å². The molecule has 0 aromatic heterocycles. The van der Waals surface area contributed by atoms with Crippen LogP contribution in [0.4, 0.5) is 4.39 Å². The van der Waals surface area contributed by atoms with Crippen molar-refractivity contribution in [2.45, 2.75) is 51.4 Å². The summed E-state index contributed by atoms with van der Waals surface area (Å²) in [4.78, 5) is 23.2. The molecule has 0 radical (unpaired) electrons. The van der Waals surface area contributed by atoms with Gasteiger partial charge in [-0.05, 0) is 37.3 Å². The van der Waals surface area contributed by atoms with Crippen molar-refractivity contribution in [3.05, 3.63) is 35.1 Å². The van der Waals surface area contributed by atoms with Gasteiger partial charge in [-0.2, -0.15) is 0 Å². The van der Waals surface area contributed by atoms with Gasteiger partial charge in [-0.1, -0.05) is 31.4 Å². The summed E-state index contributed by atoms with van der Waals surface area (Å²) < 4.78 is 18.9. The van der Waals surface area contributed by atoms with E-state index in [1.807, 2.05) is 0 Å². The van der Waals surface area contributed by atoms with Crippen molar-refractivity contribution < 1.29 is 18.7 Å². The van der Waals surface area contributed by atoms with Crippen molar-refractivity contribution in [2.24, 2.45) is 0 Å². The normalized spacial score (nSPS) is 15.7. The second kappa shape index (κ2) is 7.34. The van der Waals surface area contributed by atoms with Crippen LogP contribution in [0.15, 0.2) is 18.2 Å². The average molecular weight is 292 g/mol. The minimum absolute atomic E-state index is 0.236. The molecule has 0 atom stereocenters. The van der Waals surface area contributed by atoms with Crippen LogP contribution in [0.25, 0.3) is 0 Å². The third-order valence-electron chi connectivity index (χ3n) is 3.98. The van der Waals surface area contributed by atoms with Gasteiger partial charge < -0.3 is 4.74 Å². The van der Waals surface area contributed by atoms with E-state index in [1.54, 1.807) is 19.1 Å². The molecule has 3 nitrogen and oxygen atoms in total. The highest BCUT2D eigenvalue weighted by Crippen LogP contribution is 2.34. The molecule has 2 rings (SSSR count). The second-order valence-electron chi connectivity index (χ2n) is 5.48. The number of esters is 1. The van der Waals surface area contributed by atoms with E-state index in [-0.39, 0.29) is 30.3 Å². The zero-order valence-corrected chi connectivity index (χ0v) is 12.4. The van der Waals surface area contributed by atoms with E-state index in [9.17, 15) is 14.0 Å². The lowest BCUT2D eigenvalue weighted by molar-refractivity contribution is -0.141. The minimum Gasteiger partial charge on any atom is -0.466 e. The topological polar surface area (TPSA) is 43.4 Å². The molecule has 1 aliphatic carbocycles. The smallest absolute Gasteiger partial charge is 0.313 e. The molecule has 21 heavy (non-hydrogen) atoms. The molecule has 0 aliphatic heterocycles. The fourth-order valence-electron chi connectivity index (χ4n) is 2.89. The maximum absolute atomic E-state index is 14.2. The number of carbonyl (C=O) groups excluding carboxylic acids is 2. The Morgan fingerprint density at radius 3 is 2.57 bits per heavy atom. The Morgan fingerprint density at radius 2 is 1.95 bits per heavy atom. The maximum Gasteiger partial charge on any atom is 0.313 e. The summed E-state index contributed by atoms with van der Waals surface area (Å²) >= 11 is 0. The monoisotopic (exact) mass is 292 g/mol. The predicted octanol–water partition coefficient (Wildman–Crippen LogP) is 4.01. The number of ether oxygens (including phenoxy) is 1. The largest absolute Gasteiger partial charge is 0.466 e. The molecular weight excluding hydrogens is 271 g/mol. The van der Waals surface area contributed by atoms with Crippen LogP contribution in [0, 0.1) is 5.82 Å². The third-order valence-corrected chi connectivity index (χ3v) is 3.98. The highest BCUT2D eigenvalue weighted by molar-refractivity contribution is 6.05. The summed E-state index contributed by atoms with van der Waals surface area (Å²) in [5.74, 6) is -1.05. The van der Waals surface area contributed by atoms with E-state index in [4.69, 9.17) is 4.74 Å². The van der Waals surface area contributed by atoms with Crippen molar-refractivity contribution in [1.29, 1.82) is 0 Å². The Kier molecular flexibility index (Phi) is 5.48.